The number of carboxylic acids is 1. The molecular weight excluding hydrogens is 1800 g/mol. The summed E-state index contributed by atoms with van der Waals surface area (Å²) in [5.41, 5.74) is 2.21. The van der Waals surface area contributed by atoms with Gasteiger partial charge >= 0.3 is 5.97 Å². The fraction of sp³-hybridized carbons (Fsp3) is 0.420. The van der Waals surface area contributed by atoms with Crippen molar-refractivity contribution in [1.29, 1.82) is 0 Å². The van der Waals surface area contributed by atoms with E-state index in [9.17, 15) is 106 Å². The Bertz CT molecular complexity index is 5520. The van der Waals surface area contributed by atoms with E-state index >= 15 is 24.0 Å². The van der Waals surface area contributed by atoms with Crippen molar-refractivity contribution in [2.45, 2.75) is 206 Å². The standard InChI is InChI=1S/C88H99Cl2N9O34/c1-33(2)8-6-4-5-7-9-60(110)94-68-74(115)71(112)58(31-101)130-87(68)133-78-55-25-40-26-56(78)127-53-17-13-38(23-47(53)90)77(132-86-67(92-34(3)103)73(114)70(111)57(30-100)129-86)69-84(123)98-66(85(124)125)45-28-43(106)29-54(128-88-76(117)75(116)72(113)59(32-102)131-88)61(45)44-22-37(12-14-49(44)107)63(81(120)99-69)96-83(122)65(40)97-82(121)64(39-20-41(104)27-42(105)21-39)95-79(118)48(19-35-10-16-52(126-55)46(89)18-35)93-80(119)62(91)36-11-15-50(108)51(109)24-36/h10-18,20-29,33,48,57-59,62-77,86-88,100-102,104-109,111-117H,4-9,19,30-32,91H2,1-3H3,(H,92,103)(H,93,119)(H,94,110)(H,95,118)(H,96,122)(H,97,121)(H,98,123)(H,99,120)(H,124,125)/t48-,57-,58-,59-,62-,63-,64+,65-,66-,67-,68-,69+,70-,71-,72-,73-,74-,75+,76+,77-,86+,87+,88+/m1/s1. The Hall–Kier alpha value is -12.2. The highest BCUT2D eigenvalue weighted by Crippen LogP contribution is 2.51. The number of phenolic OH excluding ortho intramolecular Hbond substituents is 6. The molecule has 8 heterocycles. The lowest BCUT2D eigenvalue weighted by Crippen LogP contribution is -2.65. The summed E-state index contributed by atoms with van der Waals surface area (Å²) < 4.78 is 51.2. The number of carbonyl (C=O) groups excluding carboxylic acids is 8. The Balaban J connectivity index is 1.08. The van der Waals surface area contributed by atoms with Gasteiger partial charge in [0.15, 0.2) is 35.3 Å². The Morgan fingerprint density at radius 3 is 1.64 bits per heavy atom. The van der Waals surface area contributed by atoms with Crippen molar-refractivity contribution in [1.82, 2.24) is 42.5 Å². The van der Waals surface area contributed by atoms with E-state index in [-0.39, 0.29) is 28.3 Å². The zero-order valence-corrected chi connectivity index (χ0v) is 72.3. The molecule has 8 aliphatic rings. The van der Waals surface area contributed by atoms with E-state index in [4.69, 9.17) is 66.8 Å². The summed E-state index contributed by atoms with van der Waals surface area (Å²) in [4.78, 5) is 138. The number of rotatable bonds is 23. The third-order valence-electron chi connectivity index (χ3n) is 23.2. The molecule has 0 saturated carbocycles. The number of carboxylic acid groups (broad SMARTS) is 1. The molecule has 714 valence electrons. The zero-order chi connectivity index (χ0) is 96.2. The quantitative estimate of drug-likeness (QED) is 0.0303. The Morgan fingerprint density at radius 2 is 1.05 bits per heavy atom. The topological polar surface area (TPSA) is 694 Å². The summed E-state index contributed by atoms with van der Waals surface area (Å²) >= 11 is 14.7. The van der Waals surface area contributed by atoms with Crippen LogP contribution >= 0.6 is 23.2 Å². The lowest BCUT2D eigenvalue weighted by molar-refractivity contribution is -0.284. The average molecular weight is 1900 g/mol. The van der Waals surface area contributed by atoms with Gasteiger partial charge in [0.25, 0.3) is 0 Å². The third kappa shape index (κ3) is 22.0. The van der Waals surface area contributed by atoms with Crippen molar-refractivity contribution in [3.8, 4) is 80.1 Å². The molecule has 11 bridgehead atoms. The van der Waals surface area contributed by atoms with Crippen LogP contribution < -0.4 is 67.2 Å². The molecule has 3 fully saturated rings. The van der Waals surface area contributed by atoms with E-state index in [0.29, 0.717) is 18.8 Å². The number of fused-ring (bicyclic) bond motifs is 15. The predicted octanol–water partition coefficient (Wildman–Crippen LogP) is 0.325. The SMILES string of the molecule is CC(=O)N[C@H]1[C@H](O[C@@H]2c3ccc(c(Cl)c3)Oc3cc4cc(c3O[C@@H]3O[C@H](CO)[C@@H](O)[C@H](O)[C@H]3NC(=O)CCCCCCC(C)C)Oc3ccc(cc3Cl)C[C@@H](NC(=O)[C@H](N)c3ccc(O)c(O)c3)C(=O)N[C@@H](c3cc(O)cc(O)c3)C(=O)N[C@H]4C(=O)N[C@H]3C(=O)N[C@@H]2C(=O)N[C@@H](C(=O)O)c2cc(O)cc(O[C@H]4O[C@H](CO)[C@@H](O)[C@H](O)[C@@H]4O)c2-c2cc3ccc2O)O[C@H](CO)[C@@H](O)[C@@H]1O. The first-order valence-corrected chi connectivity index (χ1v) is 42.7. The summed E-state index contributed by atoms with van der Waals surface area (Å²) in [7, 11) is 0. The molecule has 7 aromatic rings. The van der Waals surface area contributed by atoms with Crippen molar-refractivity contribution in [3.05, 3.63) is 164 Å². The molecule has 133 heavy (non-hydrogen) atoms. The molecule has 0 spiro atoms. The number of aromatic hydroxyl groups is 6. The first-order valence-electron chi connectivity index (χ1n) is 42.0. The van der Waals surface area contributed by atoms with Crippen LogP contribution in [0.3, 0.4) is 0 Å². The van der Waals surface area contributed by atoms with E-state index in [0.717, 1.165) is 117 Å². The van der Waals surface area contributed by atoms with Gasteiger partial charge in [0.05, 0.1) is 29.9 Å². The summed E-state index contributed by atoms with van der Waals surface area (Å²) in [6.07, 6.45) is -26.2. The first-order chi connectivity index (χ1) is 63.2. The molecule has 8 aliphatic heterocycles. The number of ether oxygens (including phenoxy) is 8. The van der Waals surface area contributed by atoms with E-state index in [2.05, 4.69) is 56.4 Å². The van der Waals surface area contributed by atoms with Crippen molar-refractivity contribution in [2.24, 2.45) is 11.7 Å². The van der Waals surface area contributed by atoms with Gasteiger partial charge < -0.3 is 173 Å². The maximum atomic E-state index is 16.9. The van der Waals surface area contributed by atoms with Crippen molar-refractivity contribution in [3.63, 3.8) is 0 Å². The highest BCUT2D eigenvalue weighted by Gasteiger charge is 2.52. The van der Waals surface area contributed by atoms with Gasteiger partial charge in [0, 0.05) is 48.6 Å². The number of amides is 8. The molecule has 45 heteroatoms. The first kappa shape index (κ1) is 98.3. The predicted molar refractivity (Wildman–Crippen MR) is 456 cm³/mol. The second-order valence-electron chi connectivity index (χ2n) is 33.1. The molecule has 0 aliphatic carbocycles. The summed E-state index contributed by atoms with van der Waals surface area (Å²) in [6, 6.07) is -1.12. The lowest BCUT2D eigenvalue weighted by Gasteiger charge is -2.44. The largest absolute Gasteiger partial charge is 0.508 e. The van der Waals surface area contributed by atoms with E-state index in [1.165, 1.54) is 24.3 Å². The summed E-state index contributed by atoms with van der Waals surface area (Å²) in [6.45, 7) is 1.90. The fourth-order valence-corrected chi connectivity index (χ4v) is 16.7. The molecule has 27 N–H and O–H groups in total. The van der Waals surface area contributed by atoms with Crippen molar-refractivity contribution < 1.29 is 168 Å². The number of aliphatic hydroxyl groups excluding tert-OH is 10. The van der Waals surface area contributed by atoms with Gasteiger partial charge in [-0.25, -0.2) is 4.79 Å². The minimum absolute atomic E-state index is 0.0942. The van der Waals surface area contributed by atoms with E-state index in [1.807, 2.05) is 0 Å². The van der Waals surface area contributed by atoms with E-state index < -0.39 is 327 Å². The van der Waals surface area contributed by atoms with Gasteiger partial charge in [0.1, 0.15) is 156 Å². The lowest BCUT2D eigenvalue weighted by atomic mass is 9.89. The van der Waals surface area contributed by atoms with Crippen LogP contribution in [0.1, 0.15) is 135 Å². The van der Waals surface area contributed by atoms with Gasteiger partial charge in [0.2, 0.25) is 65.6 Å². The molecule has 7 aromatic carbocycles. The number of unbranched alkanes of at least 4 members (excludes halogenated alkanes) is 3. The van der Waals surface area contributed by atoms with Gasteiger partial charge in [-0.1, -0.05) is 87.0 Å². The molecule has 43 nitrogen and oxygen atoms in total. The van der Waals surface area contributed by atoms with Crippen molar-refractivity contribution >= 4 is 76.4 Å². The molecule has 3 saturated heterocycles. The van der Waals surface area contributed by atoms with Crippen molar-refractivity contribution in [2.75, 3.05) is 19.8 Å². The number of nitrogens with one attached hydrogen (secondary N) is 8. The molecule has 8 amide bonds. The van der Waals surface area contributed by atoms with Crippen LogP contribution in [0.15, 0.2) is 115 Å². The minimum atomic E-state index is -2.61. The Morgan fingerprint density at radius 1 is 0.504 bits per heavy atom. The second-order valence-corrected chi connectivity index (χ2v) is 33.9. The summed E-state index contributed by atoms with van der Waals surface area (Å²) in [5.74, 6) is -20.7. The summed E-state index contributed by atoms with van der Waals surface area (Å²) in [5, 5.41) is 210. The number of hydrogen-bond donors (Lipinski definition) is 26. The molecule has 0 radical (unpaired) electrons. The number of nitrogens with two attached hydrogens (primary N) is 1. The Labute approximate surface area is 765 Å². The van der Waals surface area contributed by atoms with Crippen LogP contribution in [0.2, 0.25) is 10.0 Å². The van der Waals surface area contributed by atoms with Crippen LogP contribution in [-0.2, 0) is 68.5 Å². The molecule has 15 rings (SSSR count). The zero-order valence-electron chi connectivity index (χ0n) is 70.8. The van der Waals surface area contributed by atoms with Crippen LogP contribution in [0.4, 0.5) is 0 Å². The van der Waals surface area contributed by atoms with Gasteiger partial charge in [-0.15, -0.1) is 0 Å². The second kappa shape index (κ2) is 41.9. The van der Waals surface area contributed by atoms with Crippen LogP contribution in [-0.4, -0.2) is 264 Å². The molecule has 23 atom stereocenters. The molecule has 0 aromatic heterocycles. The Kier molecular flexibility index (Phi) is 31.0. The molecular formula is C88H99Cl2N9O34. The van der Waals surface area contributed by atoms with Gasteiger partial charge in [-0.2, -0.15) is 0 Å². The number of halogens is 2. The fourth-order valence-electron chi connectivity index (χ4n) is 16.2. The van der Waals surface area contributed by atoms with Gasteiger partial charge in [-0.3, -0.25) is 38.4 Å². The minimum Gasteiger partial charge on any atom is -0.508 e. The number of aliphatic hydroxyl groups is 10. The van der Waals surface area contributed by atoms with E-state index in [1.54, 1.807) is 0 Å². The number of aliphatic carboxylic acids is 1. The maximum Gasteiger partial charge on any atom is 0.330 e. The van der Waals surface area contributed by atoms with Gasteiger partial charge in [-0.05, 0) is 125 Å². The highest BCUT2D eigenvalue weighted by atomic mass is 35.5. The monoisotopic (exact) mass is 1900 g/mol. The molecule has 0 unspecified atom stereocenters. The number of carbonyl (C=O) groups is 9. The van der Waals surface area contributed by atoms with Crippen LogP contribution in [0.25, 0.3) is 11.1 Å². The number of phenols is 6. The smallest absolute Gasteiger partial charge is 0.330 e. The normalized spacial score (nSPS) is 28.0. The maximum absolute atomic E-state index is 16.9. The number of hydrogen-bond acceptors (Lipinski definition) is 34. The van der Waals surface area contributed by atoms with Crippen LogP contribution in [0, 0.1) is 5.92 Å². The number of benzene rings is 7. The third-order valence-corrected chi connectivity index (χ3v) is 23.8. The highest BCUT2D eigenvalue weighted by molar-refractivity contribution is 6.32. The van der Waals surface area contributed by atoms with Crippen LogP contribution in [0.5, 0.6) is 69.0 Å². The average Bonchev–Trinajstić information content (AvgIpc) is 0.738.